The van der Waals surface area contributed by atoms with Crippen LogP contribution in [-0.4, -0.2) is 36.0 Å². The van der Waals surface area contributed by atoms with Crippen molar-refractivity contribution in [3.63, 3.8) is 0 Å². The smallest absolute Gasteiger partial charge is 0.340 e. The highest BCUT2D eigenvalue weighted by Gasteiger charge is 2.32. The van der Waals surface area contributed by atoms with Crippen LogP contribution in [0.2, 0.25) is 0 Å². The molecule has 0 saturated carbocycles. The molecule has 0 radical (unpaired) electrons. The maximum absolute atomic E-state index is 12.0. The van der Waals surface area contributed by atoms with Gasteiger partial charge in [0, 0.05) is 18.3 Å². The van der Waals surface area contributed by atoms with Crippen LogP contribution in [0.5, 0.6) is 5.75 Å². The summed E-state index contributed by atoms with van der Waals surface area (Å²) in [6.45, 7) is 0.554. The molecule has 1 N–H and O–H groups in total. The first kappa shape index (κ1) is 13.9. The number of phenols is 1. The van der Waals surface area contributed by atoms with Gasteiger partial charge in [0.2, 0.25) is 5.91 Å². The van der Waals surface area contributed by atoms with Crippen molar-refractivity contribution in [2.24, 2.45) is 5.92 Å². The summed E-state index contributed by atoms with van der Waals surface area (Å²) in [5, 5.41) is 10.2. The van der Waals surface area contributed by atoms with E-state index in [-0.39, 0.29) is 23.1 Å². The number of esters is 1. The lowest BCUT2D eigenvalue weighted by atomic mass is 10.1. The van der Waals surface area contributed by atoms with Crippen molar-refractivity contribution in [2.75, 3.05) is 23.9 Å². The number of rotatable bonds is 3. The first-order valence-electron chi connectivity index (χ1n) is 5.84. The largest absolute Gasteiger partial charge is 0.508 e. The summed E-state index contributed by atoms with van der Waals surface area (Å²) in [5.74, 6) is -0.402. The molecule has 0 aliphatic carbocycles. The molecule has 5 nitrogen and oxygen atoms in total. The van der Waals surface area contributed by atoms with Gasteiger partial charge in [-0.3, -0.25) is 4.79 Å². The Morgan fingerprint density at radius 2 is 2.32 bits per heavy atom. The van der Waals surface area contributed by atoms with Crippen LogP contribution in [0.3, 0.4) is 0 Å². The molecule has 1 unspecified atom stereocenters. The highest BCUT2D eigenvalue weighted by Crippen LogP contribution is 2.31. The number of methoxy groups -OCH3 is 1. The van der Waals surface area contributed by atoms with Crippen LogP contribution in [0.1, 0.15) is 16.8 Å². The molecule has 2 rings (SSSR count). The van der Waals surface area contributed by atoms with Crippen LogP contribution in [0.15, 0.2) is 18.2 Å². The third kappa shape index (κ3) is 2.73. The molecule has 1 heterocycles. The second kappa shape index (κ2) is 5.61. The average molecular weight is 328 g/mol. The first-order valence-corrected chi connectivity index (χ1v) is 6.96. The van der Waals surface area contributed by atoms with E-state index in [1.165, 1.54) is 19.2 Å². The Morgan fingerprint density at radius 3 is 2.89 bits per heavy atom. The second-order valence-corrected chi connectivity index (χ2v) is 5.07. The number of alkyl halides is 1. The average Bonchev–Trinajstić information content (AvgIpc) is 2.79. The van der Waals surface area contributed by atoms with Crippen LogP contribution >= 0.6 is 15.9 Å². The zero-order valence-electron chi connectivity index (χ0n) is 10.4. The van der Waals surface area contributed by atoms with Gasteiger partial charge in [-0.1, -0.05) is 15.9 Å². The number of ether oxygens (including phenoxy) is 1. The predicted molar refractivity (Wildman–Crippen MR) is 73.7 cm³/mol. The molecule has 1 aromatic rings. The Hall–Kier alpha value is -1.56. The van der Waals surface area contributed by atoms with Crippen LogP contribution in [0, 0.1) is 5.92 Å². The molecule has 1 atom stereocenters. The Morgan fingerprint density at radius 1 is 1.58 bits per heavy atom. The molecule has 1 amide bonds. The first-order chi connectivity index (χ1) is 9.06. The topological polar surface area (TPSA) is 66.8 Å². The minimum atomic E-state index is -0.569. The van der Waals surface area contributed by atoms with Gasteiger partial charge in [0.15, 0.2) is 0 Å². The van der Waals surface area contributed by atoms with Gasteiger partial charge < -0.3 is 14.7 Å². The molecule has 1 fully saturated rings. The van der Waals surface area contributed by atoms with Crippen molar-refractivity contribution >= 4 is 33.5 Å². The van der Waals surface area contributed by atoms with Crippen molar-refractivity contribution in [3.8, 4) is 5.75 Å². The fraction of sp³-hybridized carbons (Fsp3) is 0.385. The zero-order valence-corrected chi connectivity index (χ0v) is 12.0. The van der Waals surface area contributed by atoms with E-state index >= 15 is 0 Å². The van der Waals surface area contributed by atoms with E-state index in [9.17, 15) is 14.7 Å². The summed E-state index contributed by atoms with van der Waals surface area (Å²) in [6.07, 6.45) is 0.451. The molecule has 6 heteroatoms. The third-order valence-electron chi connectivity index (χ3n) is 3.10. The van der Waals surface area contributed by atoms with E-state index in [2.05, 4.69) is 20.7 Å². The van der Waals surface area contributed by atoms with Gasteiger partial charge in [-0.15, -0.1) is 0 Å². The van der Waals surface area contributed by atoms with Gasteiger partial charge in [0.25, 0.3) is 0 Å². The Labute approximate surface area is 119 Å². The molecule has 19 heavy (non-hydrogen) atoms. The highest BCUT2D eigenvalue weighted by atomic mass is 79.9. The Bertz CT molecular complexity index is 517. The number of benzene rings is 1. The van der Waals surface area contributed by atoms with Gasteiger partial charge >= 0.3 is 5.97 Å². The SMILES string of the molecule is COC(=O)c1cc(O)ccc1N1CC(CBr)CC1=O. The lowest BCUT2D eigenvalue weighted by Crippen LogP contribution is -2.26. The number of hydrogen-bond acceptors (Lipinski definition) is 4. The lowest BCUT2D eigenvalue weighted by Gasteiger charge is -2.19. The molecule has 1 aliphatic heterocycles. The molecule has 0 bridgehead atoms. The highest BCUT2D eigenvalue weighted by molar-refractivity contribution is 9.09. The van der Waals surface area contributed by atoms with Crippen LogP contribution < -0.4 is 4.90 Å². The minimum absolute atomic E-state index is 0.0275. The summed E-state index contributed by atoms with van der Waals surface area (Å²) in [6, 6.07) is 4.34. The number of carbonyl (C=O) groups excluding carboxylic acids is 2. The van der Waals surface area contributed by atoms with Gasteiger partial charge in [-0.05, 0) is 24.1 Å². The number of hydrogen-bond donors (Lipinski definition) is 1. The van der Waals surface area contributed by atoms with E-state index in [4.69, 9.17) is 0 Å². The zero-order chi connectivity index (χ0) is 14.0. The summed E-state index contributed by atoms with van der Waals surface area (Å²) in [7, 11) is 1.27. The molecule has 1 saturated heterocycles. The quantitative estimate of drug-likeness (QED) is 0.680. The number of amides is 1. The molecular weight excluding hydrogens is 314 g/mol. The number of phenolic OH excluding ortho intramolecular Hbond substituents is 1. The maximum atomic E-state index is 12.0. The number of halogens is 1. The molecule has 102 valence electrons. The van der Waals surface area contributed by atoms with Crippen LogP contribution in [-0.2, 0) is 9.53 Å². The molecular formula is C13H14BrNO4. The van der Waals surface area contributed by atoms with Gasteiger partial charge in [-0.25, -0.2) is 4.79 Å². The monoisotopic (exact) mass is 327 g/mol. The summed E-state index contributed by atoms with van der Waals surface area (Å²) in [4.78, 5) is 25.3. The lowest BCUT2D eigenvalue weighted by molar-refractivity contribution is -0.117. The maximum Gasteiger partial charge on any atom is 0.340 e. The Balaban J connectivity index is 2.39. The van der Waals surface area contributed by atoms with E-state index in [1.54, 1.807) is 11.0 Å². The second-order valence-electron chi connectivity index (χ2n) is 4.42. The molecule has 0 spiro atoms. The van der Waals surface area contributed by atoms with Gasteiger partial charge in [0.1, 0.15) is 5.75 Å². The van der Waals surface area contributed by atoms with Crippen molar-refractivity contribution < 1.29 is 19.4 Å². The summed E-state index contributed by atoms with van der Waals surface area (Å²) >= 11 is 3.37. The van der Waals surface area contributed by atoms with E-state index in [1.807, 2.05) is 0 Å². The third-order valence-corrected chi connectivity index (χ3v) is 4.02. The fourth-order valence-corrected chi connectivity index (χ4v) is 2.58. The minimum Gasteiger partial charge on any atom is -0.508 e. The standard InChI is InChI=1S/C13H14BrNO4/c1-19-13(18)10-5-9(16)2-3-11(10)15-7-8(6-14)4-12(15)17/h2-3,5,8,16H,4,6-7H2,1H3. The van der Waals surface area contributed by atoms with Gasteiger partial charge in [0.05, 0.1) is 18.4 Å². The van der Waals surface area contributed by atoms with Gasteiger partial charge in [-0.2, -0.15) is 0 Å². The summed E-state index contributed by atoms with van der Waals surface area (Å²) < 4.78 is 4.68. The number of anilines is 1. The van der Waals surface area contributed by atoms with Crippen molar-refractivity contribution in [1.29, 1.82) is 0 Å². The Kier molecular flexibility index (Phi) is 4.09. The number of carbonyl (C=O) groups is 2. The predicted octanol–water partition coefficient (Wildman–Crippen LogP) is 1.93. The van der Waals surface area contributed by atoms with Crippen LogP contribution in [0.25, 0.3) is 0 Å². The van der Waals surface area contributed by atoms with E-state index in [0.717, 1.165) is 5.33 Å². The normalized spacial score (nSPS) is 18.7. The number of aromatic hydroxyl groups is 1. The number of nitrogens with zero attached hydrogens (tertiary/aromatic N) is 1. The van der Waals surface area contributed by atoms with Crippen molar-refractivity contribution in [1.82, 2.24) is 0 Å². The fourth-order valence-electron chi connectivity index (χ4n) is 2.15. The summed E-state index contributed by atoms with van der Waals surface area (Å²) in [5.41, 5.74) is 0.684. The van der Waals surface area contributed by atoms with Crippen LogP contribution in [0.4, 0.5) is 5.69 Å². The van der Waals surface area contributed by atoms with Crippen molar-refractivity contribution in [3.05, 3.63) is 23.8 Å². The molecule has 1 aliphatic rings. The molecule has 0 aromatic heterocycles. The van der Waals surface area contributed by atoms with Crippen molar-refractivity contribution in [2.45, 2.75) is 6.42 Å². The molecule has 1 aromatic carbocycles. The van der Waals surface area contributed by atoms with E-state index in [0.29, 0.717) is 18.7 Å². The van der Waals surface area contributed by atoms with E-state index < -0.39 is 5.97 Å².